The van der Waals surface area contributed by atoms with Crippen molar-refractivity contribution in [2.45, 2.75) is 47.1 Å². The van der Waals surface area contributed by atoms with Gasteiger partial charge in [-0.2, -0.15) is 0 Å². The minimum atomic E-state index is -0.515. The van der Waals surface area contributed by atoms with Gasteiger partial charge in [0.05, 0.1) is 22.6 Å². The van der Waals surface area contributed by atoms with Gasteiger partial charge in [0.2, 0.25) is 0 Å². The van der Waals surface area contributed by atoms with E-state index in [1.807, 2.05) is 57.2 Å². The summed E-state index contributed by atoms with van der Waals surface area (Å²) in [7, 11) is 0. The van der Waals surface area contributed by atoms with Gasteiger partial charge in [-0.15, -0.1) is 0 Å². The molecule has 5 nitrogen and oxygen atoms in total. The lowest BCUT2D eigenvalue weighted by molar-refractivity contribution is 0.0671. The summed E-state index contributed by atoms with van der Waals surface area (Å²) in [5, 5.41) is 0.521. The van der Waals surface area contributed by atoms with Gasteiger partial charge in [0.15, 0.2) is 0 Å². The highest BCUT2D eigenvalue weighted by Crippen LogP contribution is 2.27. The standard InChI is InChI=1S/C30H32FN3O2/c1-19(2)16-17-33(29(35)23-12-14-24(31)15-13-23)22(5)28-32-26-9-7-6-8-25(26)30(36)34(28)27-18-20(3)10-11-21(27)4/h6-15,18-19,22H,16-17H2,1-5H3. The first-order valence-electron chi connectivity index (χ1n) is 12.3. The molecule has 3 aromatic carbocycles. The lowest BCUT2D eigenvalue weighted by Gasteiger charge is -2.31. The molecule has 0 bridgehead atoms. The molecule has 186 valence electrons. The van der Waals surface area contributed by atoms with Crippen molar-refractivity contribution >= 4 is 16.8 Å². The van der Waals surface area contributed by atoms with Crippen molar-refractivity contribution in [3.8, 4) is 5.69 Å². The molecule has 4 rings (SSSR count). The third-order valence-corrected chi connectivity index (χ3v) is 6.55. The first-order valence-corrected chi connectivity index (χ1v) is 12.3. The molecule has 0 aliphatic carbocycles. The smallest absolute Gasteiger partial charge is 0.266 e. The predicted octanol–water partition coefficient (Wildman–Crippen LogP) is 6.39. The van der Waals surface area contributed by atoms with E-state index in [1.165, 1.54) is 24.3 Å². The van der Waals surface area contributed by atoms with Gasteiger partial charge < -0.3 is 4.90 Å². The van der Waals surface area contributed by atoms with Gasteiger partial charge in [0.1, 0.15) is 11.6 Å². The van der Waals surface area contributed by atoms with Crippen molar-refractivity contribution in [3.05, 3.63) is 105 Å². The van der Waals surface area contributed by atoms with Crippen LogP contribution >= 0.6 is 0 Å². The Morgan fingerprint density at radius 2 is 1.69 bits per heavy atom. The Balaban J connectivity index is 1.93. The number of carbonyl (C=O) groups is 1. The predicted molar refractivity (Wildman–Crippen MR) is 142 cm³/mol. The van der Waals surface area contributed by atoms with Crippen LogP contribution in [0.2, 0.25) is 0 Å². The van der Waals surface area contributed by atoms with Gasteiger partial charge in [0.25, 0.3) is 11.5 Å². The van der Waals surface area contributed by atoms with Crippen LogP contribution in [0.4, 0.5) is 4.39 Å². The molecular formula is C30H32FN3O2. The van der Waals surface area contributed by atoms with Crippen molar-refractivity contribution < 1.29 is 9.18 Å². The molecule has 6 heteroatoms. The van der Waals surface area contributed by atoms with Crippen LogP contribution in [0.3, 0.4) is 0 Å². The van der Waals surface area contributed by atoms with E-state index in [0.29, 0.717) is 34.8 Å². The lowest BCUT2D eigenvalue weighted by Crippen LogP contribution is -2.38. The summed E-state index contributed by atoms with van der Waals surface area (Å²) < 4.78 is 15.2. The zero-order valence-electron chi connectivity index (χ0n) is 21.5. The third kappa shape index (κ3) is 5.08. The number of halogens is 1. The maximum atomic E-state index is 13.9. The van der Waals surface area contributed by atoms with Crippen molar-refractivity contribution in [1.82, 2.24) is 14.5 Å². The second-order valence-electron chi connectivity index (χ2n) is 9.78. The monoisotopic (exact) mass is 485 g/mol. The summed E-state index contributed by atoms with van der Waals surface area (Å²) in [6, 6.07) is 18.3. The van der Waals surface area contributed by atoms with E-state index in [2.05, 4.69) is 13.8 Å². The molecule has 0 saturated carbocycles. The van der Waals surface area contributed by atoms with Crippen LogP contribution in [0.1, 0.15) is 60.5 Å². The Morgan fingerprint density at radius 3 is 2.39 bits per heavy atom. The minimum Gasteiger partial charge on any atom is -0.329 e. The van der Waals surface area contributed by atoms with Crippen LogP contribution < -0.4 is 5.56 Å². The Bertz CT molecular complexity index is 1460. The van der Waals surface area contributed by atoms with E-state index in [0.717, 1.165) is 23.2 Å². The van der Waals surface area contributed by atoms with Gasteiger partial charge in [-0.25, -0.2) is 9.37 Å². The molecule has 36 heavy (non-hydrogen) atoms. The summed E-state index contributed by atoms with van der Waals surface area (Å²) in [6.45, 7) is 10.5. The molecule has 0 fully saturated rings. The highest BCUT2D eigenvalue weighted by molar-refractivity contribution is 5.94. The second-order valence-corrected chi connectivity index (χ2v) is 9.78. The first-order chi connectivity index (χ1) is 17.2. The van der Waals surface area contributed by atoms with Crippen molar-refractivity contribution in [3.63, 3.8) is 0 Å². The number of aryl methyl sites for hydroxylation is 2. The fourth-order valence-corrected chi connectivity index (χ4v) is 4.39. The van der Waals surface area contributed by atoms with Crippen molar-refractivity contribution in [2.75, 3.05) is 6.54 Å². The average molecular weight is 486 g/mol. The molecule has 0 spiro atoms. The zero-order valence-corrected chi connectivity index (χ0v) is 21.5. The van der Waals surface area contributed by atoms with E-state index in [-0.39, 0.29) is 11.5 Å². The van der Waals surface area contributed by atoms with Crippen LogP contribution in [-0.4, -0.2) is 26.9 Å². The van der Waals surface area contributed by atoms with Gasteiger partial charge in [-0.05, 0) is 86.7 Å². The molecule has 0 radical (unpaired) electrons. The minimum absolute atomic E-state index is 0.172. The number of para-hydroxylation sites is 1. The molecule has 1 amide bonds. The second kappa shape index (κ2) is 10.4. The number of hydrogen-bond donors (Lipinski definition) is 0. The molecule has 0 saturated heterocycles. The van der Waals surface area contributed by atoms with Crippen LogP contribution in [0.5, 0.6) is 0 Å². The Kier molecular flexibility index (Phi) is 7.34. The number of benzene rings is 3. The lowest BCUT2D eigenvalue weighted by atomic mass is 10.1. The molecule has 0 aliphatic heterocycles. The van der Waals surface area contributed by atoms with Crippen molar-refractivity contribution in [1.29, 1.82) is 0 Å². The number of nitrogens with zero attached hydrogens (tertiary/aromatic N) is 3. The maximum absolute atomic E-state index is 13.9. The van der Waals surface area contributed by atoms with Gasteiger partial charge in [0, 0.05) is 12.1 Å². The molecule has 1 aromatic heterocycles. The highest BCUT2D eigenvalue weighted by Gasteiger charge is 2.28. The number of hydrogen-bond acceptors (Lipinski definition) is 3. The fourth-order valence-electron chi connectivity index (χ4n) is 4.39. The molecule has 0 aliphatic rings. The van der Waals surface area contributed by atoms with Crippen LogP contribution in [0.15, 0.2) is 71.5 Å². The average Bonchev–Trinajstić information content (AvgIpc) is 2.86. The number of aromatic nitrogens is 2. The SMILES string of the molecule is Cc1ccc(C)c(-n2c(C(C)N(CCC(C)C)C(=O)c3ccc(F)cc3)nc3ccccc3c2=O)c1. The summed E-state index contributed by atoms with van der Waals surface area (Å²) in [6.07, 6.45) is 0.776. The molecule has 1 atom stereocenters. The summed E-state index contributed by atoms with van der Waals surface area (Å²) >= 11 is 0. The Labute approximate surface area is 211 Å². The van der Waals surface area contributed by atoms with E-state index in [1.54, 1.807) is 15.5 Å². The van der Waals surface area contributed by atoms with E-state index in [4.69, 9.17) is 4.98 Å². The number of amides is 1. The fraction of sp³-hybridized carbons (Fsp3) is 0.300. The van der Waals surface area contributed by atoms with E-state index in [9.17, 15) is 14.0 Å². The molecular weight excluding hydrogens is 453 g/mol. The van der Waals surface area contributed by atoms with E-state index >= 15 is 0 Å². The molecule has 1 unspecified atom stereocenters. The normalized spacial score (nSPS) is 12.2. The molecule has 0 N–H and O–H groups in total. The Hall–Kier alpha value is -3.80. The quantitative estimate of drug-likeness (QED) is 0.305. The van der Waals surface area contributed by atoms with Gasteiger partial charge in [-0.1, -0.05) is 38.1 Å². The molecule has 4 aromatic rings. The van der Waals surface area contributed by atoms with Crippen LogP contribution in [0, 0.1) is 25.6 Å². The summed E-state index contributed by atoms with van der Waals surface area (Å²) in [5.74, 6) is 0.240. The van der Waals surface area contributed by atoms with Gasteiger partial charge in [-0.3, -0.25) is 14.2 Å². The van der Waals surface area contributed by atoms with E-state index < -0.39 is 11.9 Å². The molecule has 1 heterocycles. The van der Waals surface area contributed by atoms with Crippen LogP contribution in [0.25, 0.3) is 16.6 Å². The third-order valence-electron chi connectivity index (χ3n) is 6.55. The number of rotatable bonds is 7. The topological polar surface area (TPSA) is 55.2 Å². The number of fused-ring (bicyclic) bond motifs is 1. The number of carbonyl (C=O) groups excluding carboxylic acids is 1. The maximum Gasteiger partial charge on any atom is 0.266 e. The first kappa shape index (κ1) is 25.3. The summed E-state index contributed by atoms with van der Waals surface area (Å²) in [4.78, 5) is 34.2. The largest absolute Gasteiger partial charge is 0.329 e. The van der Waals surface area contributed by atoms with Crippen molar-refractivity contribution in [2.24, 2.45) is 5.92 Å². The van der Waals surface area contributed by atoms with Crippen LogP contribution in [-0.2, 0) is 0 Å². The summed E-state index contributed by atoms with van der Waals surface area (Å²) in [5.41, 5.74) is 3.52. The zero-order chi connectivity index (χ0) is 26.0. The van der Waals surface area contributed by atoms with Gasteiger partial charge >= 0.3 is 0 Å². The Morgan fingerprint density at radius 1 is 1.00 bits per heavy atom. The highest BCUT2D eigenvalue weighted by atomic mass is 19.1.